The molecule has 0 bridgehead atoms. The van der Waals surface area contributed by atoms with Gasteiger partial charge in [-0.1, -0.05) is 26.0 Å². The predicted molar refractivity (Wildman–Crippen MR) is 76.3 cm³/mol. The van der Waals surface area contributed by atoms with Crippen LogP contribution in [0.15, 0.2) is 12.2 Å². The van der Waals surface area contributed by atoms with Crippen molar-refractivity contribution in [3.63, 3.8) is 0 Å². The van der Waals surface area contributed by atoms with Crippen molar-refractivity contribution in [3.8, 4) is 0 Å². The standard InChI is InChI=1S/C15H28N2O/c1-3-5-6-7-8-11-17-12-9-10-15(4-2,13-17)14(16)18/h5-6H,3-4,7-13H2,1-2H3,(H2,16,18)/b6-5-. The molecule has 0 aromatic rings. The highest BCUT2D eigenvalue weighted by molar-refractivity contribution is 5.81. The summed E-state index contributed by atoms with van der Waals surface area (Å²) >= 11 is 0. The summed E-state index contributed by atoms with van der Waals surface area (Å²) in [6.45, 7) is 7.30. The number of piperidine rings is 1. The molecule has 0 aromatic carbocycles. The molecular weight excluding hydrogens is 224 g/mol. The van der Waals surface area contributed by atoms with Gasteiger partial charge in [-0.25, -0.2) is 0 Å². The Morgan fingerprint density at radius 2 is 2.17 bits per heavy atom. The van der Waals surface area contributed by atoms with Gasteiger partial charge < -0.3 is 10.6 Å². The highest BCUT2D eigenvalue weighted by Gasteiger charge is 2.38. The number of primary amides is 1. The van der Waals surface area contributed by atoms with Gasteiger partial charge in [-0.2, -0.15) is 0 Å². The lowest BCUT2D eigenvalue weighted by molar-refractivity contribution is -0.131. The van der Waals surface area contributed by atoms with E-state index in [-0.39, 0.29) is 11.3 Å². The zero-order chi connectivity index (χ0) is 13.4. The molecular formula is C15H28N2O. The van der Waals surface area contributed by atoms with Crippen LogP contribution in [-0.4, -0.2) is 30.4 Å². The zero-order valence-corrected chi connectivity index (χ0v) is 12.0. The third kappa shape index (κ3) is 4.13. The van der Waals surface area contributed by atoms with Crippen molar-refractivity contribution in [1.82, 2.24) is 4.90 Å². The van der Waals surface area contributed by atoms with Crippen LogP contribution in [0.5, 0.6) is 0 Å². The number of nitrogens with two attached hydrogens (primary N) is 1. The molecule has 18 heavy (non-hydrogen) atoms. The van der Waals surface area contributed by atoms with Gasteiger partial charge in [-0.05, 0) is 51.6 Å². The molecule has 1 fully saturated rings. The maximum Gasteiger partial charge on any atom is 0.224 e. The summed E-state index contributed by atoms with van der Waals surface area (Å²) in [5.41, 5.74) is 5.33. The zero-order valence-electron chi connectivity index (χ0n) is 12.0. The highest BCUT2D eigenvalue weighted by Crippen LogP contribution is 2.33. The van der Waals surface area contributed by atoms with Crippen molar-refractivity contribution < 1.29 is 4.79 Å². The quantitative estimate of drug-likeness (QED) is 0.559. The van der Waals surface area contributed by atoms with Gasteiger partial charge in [0.1, 0.15) is 0 Å². The lowest BCUT2D eigenvalue weighted by Gasteiger charge is -2.40. The molecule has 0 radical (unpaired) electrons. The summed E-state index contributed by atoms with van der Waals surface area (Å²) in [5.74, 6) is -0.111. The maximum absolute atomic E-state index is 11.7. The molecule has 1 saturated heterocycles. The van der Waals surface area contributed by atoms with Gasteiger partial charge in [0.15, 0.2) is 0 Å². The number of hydrogen-bond donors (Lipinski definition) is 1. The van der Waals surface area contributed by atoms with E-state index in [2.05, 4.69) is 30.9 Å². The molecule has 3 heteroatoms. The number of unbranched alkanes of at least 4 members (excludes halogenated alkanes) is 1. The average molecular weight is 252 g/mol. The number of likely N-dealkylation sites (tertiary alicyclic amines) is 1. The molecule has 0 aliphatic carbocycles. The molecule has 1 aliphatic heterocycles. The fourth-order valence-corrected chi connectivity index (χ4v) is 2.80. The Morgan fingerprint density at radius 3 is 2.78 bits per heavy atom. The molecule has 1 aliphatic rings. The van der Waals surface area contributed by atoms with E-state index in [1.807, 2.05) is 0 Å². The minimum absolute atomic E-state index is 0.111. The Morgan fingerprint density at radius 1 is 1.39 bits per heavy atom. The third-order valence-electron chi connectivity index (χ3n) is 4.10. The second-order valence-corrected chi connectivity index (χ2v) is 5.40. The van der Waals surface area contributed by atoms with Crippen LogP contribution in [0.2, 0.25) is 0 Å². The van der Waals surface area contributed by atoms with Crippen molar-refractivity contribution in [2.24, 2.45) is 11.1 Å². The van der Waals surface area contributed by atoms with Crippen LogP contribution in [0, 0.1) is 5.41 Å². The van der Waals surface area contributed by atoms with E-state index in [1.165, 1.54) is 6.42 Å². The first kappa shape index (κ1) is 15.2. The lowest BCUT2D eigenvalue weighted by atomic mass is 9.77. The molecule has 0 spiro atoms. The molecule has 2 N–H and O–H groups in total. The van der Waals surface area contributed by atoms with Crippen LogP contribution < -0.4 is 5.73 Å². The molecule has 1 amide bonds. The van der Waals surface area contributed by atoms with Gasteiger partial charge >= 0.3 is 0 Å². The van der Waals surface area contributed by atoms with E-state index in [1.54, 1.807) is 0 Å². The van der Waals surface area contributed by atoms with Crippen molar-refractivity contribution >= 4 is 5.91 Å². The van der Waals surface area contributed by atoms with E-state index in [9.17, 15) is 4.79 Å². The predicted octanol–water partition coefficient (Wildman–Crippen LogP) is 2.71. The largest absolute Gasteiger partial charge is 0.369 e. The second kappa shape index (κ2) is 7.57. The van der Waals surface area contributed by atoms with Crippen LogP contribution in [0.25, 0.3) is 0 Å². The molecule has 3 nitrogen and oxygen atoms in total. The molecule has 104 valence electrons. The molecule has 0 saturated carbocycles. The van der Waals surface area contributed by atoms with Gasteiger partial charge in [-0.3, -0.25) is 4.79 Å². The Hall–Kier alpha value is -0.830. The van der Waals surface area contributed by atoms with Crippen molar-refractivity contribution in [1.29, 1.82) is 0 Å². The molecule has 1 rings (SSSR count). The molecule has 1 unspecified atom stereocenters. The molecule has 1 heterocycles. The van der Waals surface area contributed by atoms with Crippen LogP contribution in [0.4, 0.5) is 0 Å². The summed E-state index contributed by atoms with van der Waals surface area (Å²) in [7, 11) is 0. The lowest BCUT2D eigenvalue weighted by Crippen LogP contribution is -2.50. The number of hydrogen-bond acceptors (Lipinski definition) is 2. The number of nitrogens with zero attached hydrogens (tertiary/aromatic N) is 1. The summed E-state index contributed by atoms with van der Waals surface area (Å²) < 4.78 is 0. The Labute approximate surface area is 111 Å². The van der Waals surface area contributed by atoms with E-state index < -0.39 is 0 Å². The topological polar surface area (TPSA) is 46.3 Å². The van der Waals surface area contributed by atoms with Crippen LogP contribution in [0.3, 0.4) is 0 Å². The van der Waals surface area contributed by atoms with Gasteiger partial charge in [0, 0.05) is 6.54 Å². The minimum atomic E-state index is -0.266. The van der Waals surface area contributed by atoms with E-state index >= 15 is 0 Å². The van der Waals surface area contributed by atoms with Crippen molar-refractivity contribution in [3.05, 3.63) is 12.2 Å². The van der Waals surface area contributed by atoms with Crippen LogP contribution in [0.1, 0.15) is 52.4 Å². The third-order valence-corrected chi connectivity index (χ3v) is 4.10. The smallest absolute Gasteiger partial charge is 0.224 e. The van der Waals surface area contributed by atoms with Gasteiger partial charge in [0.05, 0.1) is 5.41 Å². The van der Waals surface area contributed by atoms with E-state index in [0.717, 1.165) is 51.7 Å². The first-order valence-corrected chi connectivity index (χ1v) is 7.32. The number of rotatable bonds is 7. The fraction of sp³-hybridized carbons (Fsp3) is 0.800. The fourth-order valence-electron chi connectivity index (χ4n) is 2.80. The number of allylic oxidation sites excluding steroid dienone is 2. The summed E-state index contributed by atoms with van der Waals surface area (Å²) in [6, 6.07) is 0. The summed E-state index contributed by atoms with van der Waals surface area (Å²) in [5, 5.41) is 0. The average Bonchev–Trinajstić information content (AvgIpc) is 2.38. The number of carbonyl (C=O) groups excluding carboxylic acids is 1. The van der Waals surface area contributed by atoms with Crippen molar-refractivity contribution in [2.45, 2.75) is 52.4 Å². The Bertz CT molecular complexity index is 288. The molecule has 0 aromatic heterocycles. The van der Waals surface area contributed by atoms with E-state index in [0.29, 0.717) is 0 Å². The van der Waals surface area contributed by atoms with Gasteiger partial charge in [-0.15, -0.1) is 0 Å². The highest BCUT2D eigenvalue weighted by atomic mass is 16.1. The summed E-state index contributed by atoms with van der Waals surface area (Å²) in [6.07, 6.45) is 10.8. The Kier molecular flexibility index (Phi) is 6.41. The molecule has 1 atom stereocenters. The maximum atomic E-state index is 11.7. The van der Waals surface area contributed by atoms with Gasteiger partial charge in [0.2, 0.25) is 5.91 Å². The SMILES string of the molecule is CC/C=C\CCCN1CCCC(CC)(C(N)=O)C1. The van der Waals surface area contributed by atoms with Crippen LogP contribution in [-0.2, 0) is 4.79 Å². The normalized spacial score (nSPS) is 25.7. The monoisotopic (exact) mass is 252 g/mol. The van der Waals surface area contributed by atoms with Gasteiger partial charge in [0.25, 0.3) is 0 Å². The van der Waals surface area contributed by atoms with Crippen LogP contribution >= 0.6 is 0 Å². The minimum Gasteiger partial charge on any atom is -0.369 e. The second-order valence-electron chi connectivity index (χ2n) is 5.40. The van der Waals surface area contributed by atoms with Crippen molar-refractivity contribution in [2.75, 3.05) is 19.6 Å². The first-order chi connectivity index (χ1) is 8.64. The number of amides is 1. The summed E-state index contributed by atoms with van der Waals surface area (Å²) in [4.78, 5) is 14.1. The first-order valence-electron chi connectivity index (χ1n) is 7.32. The number of carbonyl (C=O) groups is 1. The Balaban J connectivity index is 2.39. The van der Waals surface area contributed by atoms with E-state index in [4.69, 9.17) is 5.73 Å².